The Morgan fingerprint density at radius 3 is 2.37 bits per heavy atom. The largest absolute Gasteiger partial charge is 0.481 e. The van der Waals surface area contributed by atoms with Gasteiger partial charge in [-0.3, -0.25) is 9.59 Å². The maximum atomic E-state index is 13.0. The second-order valence-corrected chi connectivity index (χ2v) is 9.81. The summed E-state index contributed by atoms with van der Waals surface area (Å²) in [7, 11) is -3.66. The monoisotopic (exact) mass is 412 g/mol. The fraction of sp³-hybridized carbons (Fsp3) is 0.556. The lowest BCUT2D eigenvalue weighted by Crippen LogP contribution is -2.50. The highest BCUT2D eigenvalue weighted by Crippen LogP contribution is 2.29. The summed E-state index contributed by atoms with van der Waals surface area (Å²) >= 11 is 4.41. The van der Waals surface area contributed by atoms with Crippen LogP contribution in [0.15, 0.2) is 30.3 Å². The van der Waals surface area contributed by atoms with E-state index < -0.39 is 28.0 Å². The van der Waals surface area contributed by atoms with E-state index in [0.717, 1.165) is 0 Å². The highest BCUT2D eigenvalue weighted by molar-refractivity contribution is 7.88. The number of hydrogen-bond acceptors (Lipinski definition) is 5. The zero-order valence-electron chi connectivity index (χ0n) is 14.9. The first-order valence-corrected chi connectivity index (χ1v) is 11.1. The van der Waals surface area contributed by atoms with Crippen LogP contribution in [0.25, 0.3) is 0 Å². The fourth-order valence-corrected chi connectivity index (χ4v) is 5.98. The third kappa shape index (κ3) is 4.64. The Kier molecular flexibility index (Phi) is 6.12. The van der Waals surface area contributed by atoms with E-state index in [9.17, 15) is 18.0 Å². The molecule has 1 amide bonds. The Hall–Kier alpha value is -1.58. The Balaban J connectivity index is 1.72. The molecule has 0 aromatic heterocycles. The van der Waals surface area contributed by atoms with Crippen molar-refractivity contribution in [1.82, 2.24) is 9.21 Å². The van der Waals surface area contributed by atoms with Gasteiger partial charge in [0.2, 0.25) is 15.9 Å². The average molecular weight is 413 g/mol. The van der Waals surface area contributed by atoms with Crippen LogP contribution in [0.5, 0.6) is 0 Å². The number of thiol groups is 1. The van der Waals surface area contributed by atoms with E-state index in [0.29, 0.717) is 37.9 Å². The van der Waals surface area contributed by atoms with Crippen molar-refractivity contribution in [1.29, 1.82) is 0 Å². The maximum absolute atomic E-state index is 13.0. The van der Waals surface area contributed by atoms with Crippen molar-refractivity contribution in [2.24, 2.45) is 5.92 Å². The molecule has 0 radical (unpaired) electrons. The Labute approximate surface area is 164 Å². The Morgan fingerprint density at radius 2 is 1.78 bits per heavy atom. The normalized spacial score (nSPS) is 24.9. The molecule has 1 aromatic carbocycles. The summed E-state index contributed by atoms with van der Waals surface area (Å²) < 4.78 is 27.1. The minimum absolute atomic E-state index is 0.154. The molecule has 2 heterocycles. The molecule has 2 atom stereocenters. The van der Waals surface area contributed by atoms with Crippen LogP contribution in [0.2, 0.25) is 0 Å². The number of piperidine rings is 1. The number of carboxylic acids is 1. The van der Waals surface area contributed by atoms with E-state index in [1.54, 1.807) is 29.2 Å². The maximum Gasteiger partial charge on any atom is 0.306 e. The highest BCUT2D eigenvalue weighted by Gasteiger charge is 2.44. The lowest BCUT2D eigenvalue weighted by molar-refractivity contribution is -0.146. The van der Waals surface area contributed by atoms with Crippen LogP contribution in [-0.2, 0) is 25.4 Å². The van der Waals surface area contributed by atoms with E-state index in [4.69, 9.17) is 5.11 Å². The zero-order chi connectivity index (χ0) is 19.6. The number of sulfonamides is 1. The van der Waals surface area contributed by atoms with Crippen molar-refractivity contribution in [3.63, 3.8) is 0 Å². The molecule has 1 aromatic rings. The minimum atomic E-state index is -3.66. The molecule has 0 saturated carbocycles. The Bertz CT molecular complexity index is 791. The van der Waals surface area contributed by atoms with Crippen molar-refractivity contribution in [3.05, 3.63) is 35.9 Å². The second kappa shape index (κ2) is 8.20. The predicted molar refractivity (Wildman–Crippen MR) is 104 cm³/mol. The molecule has 0 bridgehead atoms. The molecule has 0 spiro atoms. The van der Waals surface area contributed by atoms with Crippen molar-refractivity contribution in [2.45, 2.75) is 36.3 Å². The number of likely N-dealkylation sites (tertiary alicyclic amines) is 1. The number of amides is 1. The standard InChI is InChI=1S/C18H24N2O5S2/c21-17(19-8-6-14(7-9-19)18(22)23)16-10-15(26)11-20(16)27(24,25)12-13-4-2-1-3-5-13/h1-5,14-16,26H,6-12H2,(H,22,23). The molecule has 2 unspecified atom stereocenters. The van der Waals surface area contributed by atoms with Gasteiger partial charge in [-0.2, -0.15) is 16.9 Å². The smallest absolute Gasteiger partial charge is 0.306 e. The zero-order valence-corrected chi connectivity index (χ0v) is 16.6. The molecular formula is C18H24N2O5S2. The van der Waals surface area contributed by atoms with E-state index >= 15 is 0 Å². The first kappa shape index (κ1) is 20.2. The van der Waals surface area contributed by atoms with Gasteiger partial charge in [0.05, 0.1) is 11.7 Å². The molecule has 9 heteroatoms. The number of hydrogen-bond donors (Lipinski definition) is 2. The van der Waals surface area contributed by atoms with Gasteiger partial charge in [0.15, 0.2) is 0 Å². The van der Waals surface area contributed by atoms with Gasteiger partial charge in [0, 0.05) is 24.9 Å². The second-order valence-electron chi connectivity index (χ2n) is 7.15. The van der Waals surface area contributed by atoms with Crippen LogP contribution < -0.4 is 0 Å². The number of rotatable bonds is 5. The first-order valence-electron chi connectivity index (χ1n) is 9.01. The number of nitrogens with zero attached hydrogens (tertiary/aromatic N) is 2. The lowest BCUT2D eigenvalue weighted by atomic mass is 9.96. The number of aliphatic carboxylic acids is 1. The third-order valence-electron chi connectivity index (χ3n) is 5.22. The molecule has 2 saturated heterocycles. The predicted octanol–water partition coefficient (Wildman–Crippen LogP) is 1.21. The van der Waals surface area contributed by atoms with Gasteiger partial charge >= 0.3 is 5.97 Å². The van der Waals surface area contributed by atoms with Crippen LogP contribution >= 0.6 is 12.6 Å². The van der Waals surface area contributed by atoms with E-state index in [-0.39, 0.29) is 23.5 Å². The summed E-state index contributed by atoms with van der Waals surface area (Å²) in [6, 6.07) is 8.13. The summed E-state index contributed by atoms with van der Waals surface area (Å²) in [6.07, 6.45) is 1.17. The summed E-state index contributed by atoms with van der Waals surface area (Å²) in [4.78, 5) is 25.7. The molecule has 0 aliphatic carbocycles. The van der Waals surface area contributed by atoms with Crippen molar-refractivity contribution >= 4 is 34.5 Å². The van der Waals surface area contributed by atoms with Gasteiger partial charge < -0.3 is 10.0 Å². The van der Waals surface area contributed by atoms with Crippen LogP contribution in [-0.4, -0.2) is 65.5 Å². The topological polar surface area (TPSA) is 95.0 Å². The molecular weight excluding hydrogens is 388 g/mol. The van der Waals surface area contributed by atoms with Gasteiger partial charge in [0.25, 0.3) is 0 Å². The van der Waals surface area contributed by atoms with E-state index in [1.165, 1.54) is 4.31 Å². The van der Waals surface area contributed by atoms with Crippen LogP contribution in [0.4, 0.5) is 0 Å². The summed E-state index contributed by atoms with van der Waals surface area (Å²) in [6.45, 7) is 0.895. The third-order valence-corrected chi connectivity index (χ3v) is 7.41. The summed E-state index contributed by atoms with van der Waals surface area (Å²) in [5.41, 5.74) is 0.675. The molecule has 27 heavy (non-hydrogen) atoms. The minimum Gasteiger partial charge on any atom is -0.481 e. The van der Waals surface area contributed by atoms with Crippen molar-refractivity contribution < 1.29 is 23.1 Å². The van der Waals surface area contributed by atoms with Crippen LogP contribution in [0.3, 0.4) is 0 Å². The summed E-state index contributed by atoms with van der Waals surface area (Å²) in [5, 5.41) is 8.90. The van der Waals surface area contributed by atoms with Crippen LogP contribution in [0, 0.1) is 5.92 Å². The molecule has 148 valence electrons. The van der Waals surface area contributed by atoms with Crippen LogP contribution in [0.1, 0.15) is 24.8 Å². The molecule has 1 N–H and O–H groups in total. The molecule has 7 nitrogen and oxygen atoms in total. The van der Waals surface area contributed by atoms with E-state index in [1.807, 2.05) is 6.07 Å². The Morgan fingerprint density at radius 1 is 1.15 bits per heavy atom. The first-order chi connectivity index (χ1) is 12.8. The molecule has 2 aliphatic heterocycles. The average Bonchev–Trinajstić information content (AvgIpc) is 3.04. The lowest BCUT2D eigenvalue weighted by Gasteiger charge is -2.34. The fourth-order valence-electron chi connectivity index (χ4n) is 3.74. The highest BCUT2D eigenvalue weighted by atomic mass is 32.2. The van der Waals surface area contributed by atoms with Gasteiger partial charge in [-0.15, -0.1) is 0 Å². The molecule has 2 aliphatic rings. The van der Waals surface area contributed by atoms with Gasteiger partial charge in [-0.25, -0.2) is 8.42 Å². The van der Waals surface area contributed by atoms with E-state index in [2.05, 4.69) is 12.6 Å². The van der Waals surface area contributed by atoms with Gasteiger partial charge in [-0.05, 0) is 24.8 Å². The number of carbonyl (C=O) groups excluding carboxylic acids is 1. The number of benzene rings is 1. The van der Waals surface area contributed by atoms with Crippen molar-refractivity contribution in [2.75, 3.05) is 19.6 Å². The van der Waals surface area contributed by atoms with Crippen molar-refractivity contribution in [3.8, 4) is 0 Å². The number of carboxylic acid groups (broad SMARTS) is 1. The quantitative estimate of drug-likeness (QED) is 0.709. The summed E-state index contributed by atoms with van der Waals surface area (Å²) in [5.74, 6) is -1.68. The SMILES string of the molecule is O=C(O)C1CCN(C(=O)C2CC(S)CN2S(=O)(=O)Cc2ccccc2)CC1. The van der Waals surface area contributed by atoms with Gasteiger partial charge in [-0.1, -0.05) is 30.3 Å². The van der Waals surface area contributed by atoms with Gasteiger partial charge in [0.1, 0.15) is 6.04 Å². The molecule has 2 fully saturated rings. The molecule has 3 rings (SSSR count). The number of carbonyl (C=O) groups is 2.